The second kappa shape index (κ2) is 17.1. The van der Waals surface area contributed by atoms with Crippen LogP contribution in [0.25, 0.3) is 0 Å². The number of aliphatic carboxylic acids is 1. The van der Waals surface area contributed by atoms with Crippen LogP contribution in [-0.2, 0) is 4.79 Å². The summed E-state index contributed by atoms with van der Waals surface area (Å²) in [7, 11) is 0. The van der Waals surface area contributed by atoms with E-state index >= 15 is 0 Å². The summed E-state index contributed by atoms with van der Waals surface area (Å²) in [6.07, 6.45) is 25.4. The Bertz CT molecular complexity index is 353. The number of unbranched alkanes of at least 4 members (excludes halogenated alkanes) is 7. The topological polar surface area (TPSA) is 37.3 Å². The van der Waals surface area contributed by atoms with E-state index < -0.39 is 5.97 Å². The van der Waals surface area contributed by atoms with Gasteiger partial charge in [0.1, 0.15) is 0 Å². The Labute approximate surface area is 143 Å². The quantitative estimate of drug-likeness (QED) is 0.270. The summed E-state index contributed by atoms with van der Waals surface area (Å²) in [5.74, 6) is -0.286. The molecule has 0 aromatic carbocycles. The van der Waals surface area contributed by atoms with E-state index in [-0.39, 0.29) is 6.42 Å². The third-order valence-corrected chi connectivity index (χ3v) is 3.80. The lowest BCUT2D eigenvalue weighted by Gasteiger charge is -1.98. The average molecular weight is 321 g/mol. The van der Waals surface area contributed by atoms with E-state index in [1.807, 2.05) is 0 Å². The number of carboxylic acids is 1. The van der Waals surface area contributed by atoms with Gasteiger partial charge in [0.25, 0.3) is 0 Å². The summed E-state index contributed by atoms with van der Waals surface area (Å²) >= 11 is 0. The van der Waals surface area contributed by atoms with Crippen molar-refractivity contribution in [1.82, 2.24) is 0 Å². The third-order valence-electron chi connectivity index (χ3n) is 3.80. The first-order valence-electron chi connectivity index (χ1n) is 9.37. The van der Waals surface area contributed by atoms with Crippen LogP contribution in [-0.4, -0.2) is 11.1 Å². The lowest BCUT2D eigenvalue weighted by molar-refractivity contribution is -0.137. The molecule has 0 aliphatic rings. The molecule has 1 atom stereocenters. The van der Waals surface area contributed by atoms with Crippen LogP contribution in [0.15, 0.2) is 36.5 Å². The minimum atomic E-state index is -0.709. The third kappa shape index (κ3) is 18.6. The fourth-order valence-electron chi connectivity index (χ4n) is 2.37. The van der Waals surface area contributed by atoms with Gasteiger partial charge in [-0.2, -0.15) is 0 Å². The first-order valence-corrected chi connectivity index (χ1v) is 9.37. The lowest BCUT2D eigenvalue weighted by Crippen LogP contribution is -1.92. The number of carbonyl (C=O) groups is 1. The van der Waals surface area contributed by atoms with Gasteiger partial charge in [-0.25, -0.2) is 0 Å². The summed E-state index contributed by atoms with van der Waals surface area (Å²) in [6, 6.07) is 0. The van der Waals surface area contributed by atoms with E-state index in [4.69, 9.17) is 5.11 Å². The summed E-state index contributed by atoms with van der Waals surface area (Å²) in [4.78, 5) is 10.4. The molecule has 0 aliphatic heterocycles. The van der Waals surface area contributed by atoms with Gasteiger partial charge in [-0.15, -0.1) is 0 Å². The Balaban J connectivity index is 3.51. The van der Waals surface area contributed by atoms with Crippen LogP contribution in [0.4, 0.5) is 0 Å². The molecule has 0 rings (SSSR count). The van der Waals surface area contributed by atoms with Crippen LogP contribution in [0.2, 0.25) is 0 Å². The Morgan fingerprint density at radius 2 is 1.52 bits per heavy atom. The summed E-state index contributed by atoms with van der Waals surface area (Å²) in [5.41, 5.74) is 0. The molecule has 132 valence electrons. The van der Waals surface area contributed by atoms with Gasteiger partial charge in [0.05, 0.1) is 0 Å². The molecule has 0 aliphatic carbocycles. The highest BCUT2D eigenvalue weighted by atomic mass is 16.4. The predicted octanol–water partition coefficient (Wildman–Crippen LogP) is 6.69. The molecule has 0 bridgehead atoms. The summed E-state index contributed by atoms with van der Waals surface area (Å²) < 4.78 is 0. The van der Waals surface area contributed by atoms with E-state index in [9.17, 15) is 4.79 Å². The molecule has 23 heavy (non-hydrogen) atoms. The molecule has 1 unspecified atom stereocenters. The Morgan fingerprint density at radius 3 is 2.26 bits per heavy atom. The molecule has 0 amide bonds. The van der Waals surface area contributed by atoms with Gasteiger partial charge in [-0.05, 0) is 38.0 Å². The minimum absolute atomic E-state index is 0.262. The standard InChI is InChI=1S/C21H36O2/c1-3-4-5-6-7-8-9-10-11-12-14-17-20(2)18-15-13-16-19-21(22)23/h10-11,14-15,17-18,20H,3-9,12-13,16,19H2,1-2H3,(H,22,23)/b11-10+,17-14+,18-15+. The number of hydrogen-bond acceptors (Lipinski definition) is 1. The highest BCUT2D eigenvalue weighted by molar-refractivity contribution is 5.66. The zero-order chi connectivity index (χ0) is 17.2. The largest absolute Gasteiger partial charge is 0.481 e. The fourth-order valence-corrected chi connectivity index (χ4v) is 2.37. The molecule has 2 nitrogen and oxygen atoms in total. The van der Waals surface area contributed by atoms with E-state index in [1.54, 1.807) is 0 Å². The Morgan fingerprint density at radius 1 is 0.870 bits per heavy atom. The van der Waals surface area contributed by atoms with Crippen molar-refractivity contribution < 1.29 is 9.90 Å². The van der Waals surface area contributed by atoms with Gasteiger partial charge < -0.3 is 5.11 Å². The molecule has 0 fully saturated rings. The predicted molar refractivity (Wildman–Crippen MR) is 101 cm³/mol. The van der Waals surface area contributed by atoms with Crippen molar-refractivity contribution in [1.29, 1.82) is 0 Å². The maximum atomic E-state index is 10.4. The molecule has 0 aromatic rings. The maximum Gasteiger partial charge on any atom is 0.303 e. The zero-order valence-corrected chi connectivity index (χ0v) is 15.2. The monoisotopic (exact) mass is 320 g/mol. The molecule has 0 heterocycles. The normalized spacial score (nSPS) is 13.5. The van der Waals surface area contributed by atoms with E-state index in [2.05, 4.69) is 50.3 Å². The van der Waals surface area contributed by atoms with Gasteiger partial charge in [-0.1, -0.05) is 82.4 Å². The van der Waals surface area contributed by atoms with E-state index in [1.165, 1.54) is 44.9 Å². The van der Waals surface area contributed by atoms with Crippen molar-refractivity contribution in [2.45, 2.75) is 84.5 Å². The summed E-state index contributed by atoms with van der Waals surface area (Å²) in [6.45, 7) is 4.41. The van der Waals surface area contributed by atoms with E-state index in [0.717, 1.165) is 19.3 Å². The van der Waals surface area contributed by atoms with Gasteiger partial charge >= 0.3 is 5.97 Å². The SMILES string of the molecule is CCCCCCCC/C=C/C/C=C/C(C)/C=C/CCCC(=O)O. The fraction of sp³-hybridized carbons (Fsp3) is 0.667. The van der Waals surface area contributed by atoms with Gasteiger partial charge in [0, 0.05) is 6.42 Å². The van der Waals surface area contributed by atoms with Crippen molar-refractivity contribution in [3.63, 3.8) is 0 Å². The Kier molecular flexibility index (Phi) is 16.1. The molecule has 0 saturated heterocycles. The van der Waals surface area contributed by atoms with Crippen molar-refractivity contribution in [2.75, 3.05) is 0 Å². The molecule has 0 radical (unpaired) electrons. The number of hydrogen-bond donors (Lipinski definition) is 1. The van der Waals surface area contributed by atoms with Gasteiger partial charge in [0.15, 0.2) is 0 Å². The average Bonchev–Trinajstić information content (AvgIpc) is 2.52. The van der Waals surface area contributed by atoms with Gasteiger partial charge in [-0.3, -0.25) is 4.79 Å². The first-order chi connectivity index (χ1) is 11.2. The maximum absolute atomic E-state index is 10.4. The molecule has 0 saturated carbocycles. The zero-order valence-electron chi connectivity index (χ0n) is 15.2. The van der Waals surface area contributed by atoms with E-state index in [0.29, 0.717) is 5.92 Å². The van der Waals surface area contributed by atoms with Gasteiger partial charge in [0.2, 0.25) is 0 Å². The number of rotatable bonds is 15. The minimum Gasteiger partial charge on any atom is -0.481 e. The molecular formula is C21H36O2. The molecule has 0 spiro atoms. The smallest absolute Gasteiger partial charge is 0.303 e. The van der Waals surface area contributed by atoms with Crippen molar-refractivity contribution in [3.05, 3.63) is 36.5 Å². The lowest BCUT2D eigenvalue weighted by atomic mass is 10.1. The van der Waals surface area contributed by atoms with Crippen LogP contribution in [0.3, 0.4) is 0 Å². The van der Waals surface area contributed by atoms with Crippen LogP contribution in [0, 0.1) is 5.92 Å². The molecule has 1 N–H and O–H groups in total. The summed E-state index contributed by atoms with van der Waals surface area (Å²) in [5, 5.41) is 8.55. The second-order valence-electron chi connectivity index (χ2n) is 6.26. The van der Waals surface area contributed by atoms with Crippen LogP contribution in [0.1, 0.15) is 84.5 Å². The number of carboxylic acid groups (broad SMARTS) is 1. The van der Waals surface area contributed by atoms with Crippen LogP contribution >= 0.6 is 0 Å². The molecular weight excluding hydrogens is 284 g/mol. The Hall–Kier alpha value is -1.31. The van der Waals surface area contributed by atoms with Crippen LogP contribution < -0.4 is 0 Å². The van der Waals surface area contributed by atoms with Crippen LogP contribution in [0.5, 0.6) is 0 Å². The number of allylic oxidation sites excluding steroid dienone is 6. The van der Waals surface area contributed by atoms with Crippen molar-refractivity contribution >= 4 is 5.97 Å². The molecule has 0 aromatic heterocycles. The second-order valence-corrected chi connectivity index (χ2v) is 6.26. The molecule has 2 heteroatoms. The first kappa shape index (κ1) is 21.7. The highest BCUT2D eigenvalue weighted by Crippen LogP contribution is 2.08. The highest BCUT2D eigenvalue weighted by Gasteiger charge is 1.94. The van der Waals surface area contributed by atoms with Crippen molar-refractivity contribution in [2.24, 2.45) is 5.92 Å². The van der Waals surface area contributed by atoms with Crippen molar-refractivity contribution in [3.8, 4) is 0 Å².